The second kappa shape index (κ2) is 9.60. The van der Waals surface area contributed by atoms with Gasteiger partial charge in [-0.3, -0.25) is 9.69 Å². The van der Waals surface area contributed by atoms with Crippen molar-refractivity contribution in [1.29, 1.82) is 0 Å². The third-order valence-corrected chi connectivity index (χ3v) is 5.42. The minimum absolute atomic E-state index is 0.0615. The van der Waals surface area contributed by atoms with E-state index in [1.54, 1.807) is 29.2 Å². The minimum atomic E-state index is -1.14. The number of ether oxygens (including phenoxy) is 1. The van der Waals surface area contributed by atoms with Crippen molar-refractivity contribution < 1.29 is 24.5 Å². The molecule has 4 N–H and O–H groups in total. The number of nitrogens with two attached hydrogens (primary N) is 1. The van der Waals surface area contributed by atoms with E-state index in [9.17, 15) is 19.8 Å². The lowest BCUT2D eigenvalue weighted by atomic mass is 9.94. The van der Waals surface area contributed by atoms with Crippen molar-refractivity contribution >= 4 is 12.0 Å². The molecule has 2 aromatic rings. The summed E-state index contributed by atoms with van der Waals surface area (Å²) >= 11 is 0. The summed E-state index contributed by atoms with van der Waals surface area (Å²) in [6.45, 7) is 0.399. The molecule has 2 aromatic carbocycles. The lowest BCUT2D eigenvalue weighted by Crippen LogP contribution is -2.63. The minimum Gasteiger partial charge on any atom is -0.497 e. The van der Waals surface area contributed by atoms with Crippen LogP contribution in [-0.2, 0) is 6.42 Å². The van der Waals surface area contributed by atoms with Crippen molar-refractivity contribution in [2.75, 3.05) is 26.7 Å². The molecule has 0 spiro atoms. The third-order valence-electron chi connectivity index (χ3n) is 5.42. The van der Waals surface area contributed by atoms with Crippen LogP contribution in [0.5, 0.6) is 5.75 Å². The second-order valence-electron chi connectivity index (χ2n) is 7.37. The van der Waals surface area contributed by atoms with E-state index in [0.29, 0.717) is 17.7 Å². The lowest BCUT2D eigenvalue weighted by Gasteiger charge is -2.43. The van der Waals surface area contributed by atoms with E-state index >= 15 is 0 Å². The zero-order chi connectivity index (χ0) is 21.7. The van der Waals surface area contributed by atoms with E-state index in [-0.39, 0.29) is 25.5 Å². The number of carboxylic acid groups (broad SMARTS) is 1. The summed E-state index contributed by atoms with van der Waals surface area (Å²) in [4.78, 5) is 27.4. The van der Waals surface area contributed by atoms with Gasteiger partial charge in [0.2, 0.25) is 0 Å². The number of piperazine rings is 1. The van der Waals surface area contributed by atoms with Crippen LogP contribution in [0.2, 0.25) is 0 Å². The van der Waals surface area contributed by atoms with Gasteiger partial charge in [0, 0.05) is 31.2 Å². The van der Waals surface area contributed by atoms with Gasteiger partial charge < -0.3 is 25.6 Å². The Balaban J connectivity index is 1.76. The number of methoxy groups -OCH3 is 1. The quantitative estimate of drug-likeness (QED) is 0.660. The van der Waals surface area contributed by atoms with Gasteiger partial charge in [-0.1, -0.05) is 36.4 Å². The zero-order valence-electron chi connectivity index (χ0n) is 16.8. The molecule has 0 bridgehead atoms. The van der Waals surface area contributed by atoms with Gasteiger partial charge in [-0.15, -0.1) is 0 Å². The van der Waals surface area contributed by atoms with Crippen molar-refractivity contribution in [3.63, 3.8) is 0 Å². The topological polar surface area (TPSA) is 116 Å². The Bertz CT molecular complexity index is 876. The van der Waals surface area contributed by atoms with Gasteiger partial charge in [0.25, 0.3) is 5.91 Å². The maximum absolute atomic E-state index is 13.0. The predicted molar refractivity (Wildman–Crippen MR) is 112 cm³/mol. The second-order valence-corrected chi connectivity index (χ2v) is 7.37. The molecule has 2 amide bonds. The Morgan fingerprint density at radius 1 is 1.17 bits per heavy atom. The normalized spacial score (nSPS) is 18.6. The monoisotopic (exact) mass is 413 g/mol. The number of hydrogen-bond donors (Lipinski definition) is 3. The van der Waals surface area contributed by atoms with Crippen molar-refractivity contribution in [2.24, 2.45) is 5.73 Å². The molecular weight excluding hydrogens is 386 g/mol. The summed E-state index contributed by atoms with van der Waals surface area (Å²) in [6, 6.07) is 14.8. The van der Waals surface area contributed by atoms with Crippen LogP contribution in [0.1, 0.15) is 15.9 Å². The number of aliphatic hydroxyl groups is 1. The first-order valence-corrected chi connectivity index (χ1v) is 9.81. The molecule has 1 aliphatic rings. The number of carbonyl (C=O) groups is 2. The summed E-state index contributed by atoms with van der Waals surface area (Å²) in [5, 5.41) is 20.5. The Morgan fingerprint density at radius 3 is 2.57 bits per heavy atom. The molecule has 8 nitrogen and oxygen atoms in total. The molecule has 1 saturated heterocycles. The number of rotatable bonds is 6. The maximum Gasteiger partial charge on any atom is 0.407 e. The lowest BCUT2D eigenvalue weighted by molar-refractivity contribution is -0.00610. The van der Waals surface area contributed by atoms with E-state index < -0.39 is 24.3 Å². The van der Waals surface area contributed by atoms with Crippen molar-refractivity contribution in [3.05, 3.63) is 65.7 Å². The van der Waals surface area contributed by atoms with Crippen molar-refractivity contribution in [2.45, 2.75) is 24.6 Å². The molecule has 1 heterocycles. The molecular formula is C22H27N3O5. The van der Waals surface area contributed by atoms with Crippen LogP contribution in [0, 0.1) is 0 Å². The summed E-state index contributed by atoms with van der Waals surface area (Å²) in [7, 11) is 1.52. The van der Waals surface area contributed by atoms with Gasteiger partial charge in [0.05, 0.1) is 19.3 Å². The molecule has 3 atom stereocenters. The first-order chi connectivity index (χ1) is 14.4. The molecule has 3 rings (SSSR count). The van der Waals surface area contributed by atoms with E-state index in [2.05, 4.69) is 0 Å². The largest absolute Gasteiger partial charge is 0.497 e. The molecule has 30 heavy (non-hydrogen) atoms. The molecule has 8 heteroatoms. The van der Waals surface area contributed by atoms with Crippen molar-refractivity contribution in [3.8, 4) is 5.75 Å². The SMILES string of the molecule is COc1cccc(C(=O)N2CCN(C(=O)O)[C@@H]([C@@H](O)[C@H](N)Cc3ccccc3)C2)c1. The van der Waals surface area contributed by atoms with Gasteiger partial charge >= 0.3 is 6.09 Å². The van der Waals surface area contributed by atoms with Crippen LogP contribution in [0.25, 0.3) is 0 Å². The van der Waals surface area contributed by atoms with Crippen LogP contribution in [0.15, 0.2) is 54.6 Å². The summed E-state index contributed by atoms with van der Waals surface area (Å²) in [5.74, 6) is 0.319. The van der Waals surface area contributed by atoms with Crippen LogP contribution in [0.4, 0.5) is 4.79 Å². The molecule has 0 saturated carbocycles. The number of amides is 2. The van der Waals surface area contributed by atoms with Crippen LogP contribution in [0.3, 0.4) is 0 Å². The van der Waals surface area contributed by atoms with E-state index in [0.717, 1.165) is 5.56 Å². The van der Waals surface area contributed by atoms with E-state index in [4.69, 9.17) is 10.5 Å². The molecule has 0 unspecified atom stereocenters. The maximum atomic E-state index is 13.0. The van der Waals surface area contributed by atoms with Gasteiger partial charge in [0.1, 0.15) is 5.75 Å². The highest BCUT2D eigenvalue weighted by Crippen LogP contribution is 2.20. The summed E-state index contributed by atoms with van der Waals surface area (Å²) in [5.41, 5.74) is 7.62. The fourth-order valence-electron chi connectivity index (χ4n) is 3.76. The van der Waals surface area contributed by atoms with Gasteiger partial charge in [-0.25, -0.2) is 4.79 Å². The zero-order valence-corrected chi connectivity index (χ0v) is 16.8. The van der Waals surface area contributed by atoms with Gasteiger partial charge in [-0.2, -0.15) is 0 Å². The highest BCUT2D eigenvalue weighted by atomic mass is 16.5. The Labute approximate surface area is 175 Å². The average Bonchev–Trinajstić information content (AvgIpc) is 2.78. The fourth-order valence-corrected chi connectivity index (χ4v) is 3.76. The molecule has 0 radical (unpaired) electrons. The highest BCUT2D eigenvalue weighted by Gasteiger charge is 2.39. The molecule has 1 fully saturated rings. The smallest absolute Gasteiger partial charge is 0.407 e. The number of aliphatic hydroxyl groups excluding tert-OH is 1. The predicted octanol–water partition coefficient (Wildman–Crippen LogP) is 1.43. The summed E-state index contributed by atoms with van der Waals surface area (Å²) in [6.07, 6.45) is -1.86. The molecule has 160 valence electrons. The highest BCUT2D eigenvalue weighted by molar-refractivity contribution is 5.94. The average molecular weight is 413 g/mol. The van der Waals surface area contributed by atoms with Gasteiger partial charge in [-0.05, 0) is 30.2 Å². The van der Waals surface area contributed by atoms with E-state index in [1.807, 2.05) is 30.3 Å². The number of benzene rings is 2. The van der Waals surface area contributed by atoms with Crippen LogP contribution in [-0.4, -0.2) is 76.9 Å². The van der Waals surface area contributed by atoms with Crippen molar-refractivity contribution in [1.82, 2.24) is 9.80 Å². The summed E-state index contributed by atoms with van der Waals surface area (Å²) < 4.78 is 5.18. The van der Waals surface area contributed by atoms with Gasteiger partial charge in [0.15, 0.2) is 0 Å². The van der Waals surface area contributed by atoms with E-state index in [1.165, 1.54) is 12.0 Å². The number of nitrogens with zero attached hydrogens (tertiary/aromatic N) is 2. The van der Waals surface area contributed by atoms with Crippen LogP contribution < -0.4 is 10.5 Å². The number of carbonyl (C=O) groups excluding carboxylic acids is 1. The molecule has 0 aromatic heterocycles. The standard InChI is InChI=1S/C22H27N3O5/c1-30-17-9-5-8-16(13-17)21(27)24-10-11-25(22(28)29)19(14-24)20(26)18(23)12-15-6-3-2-4-7-15/h2-9,13,18-20,26H,10-12,14,23H2,1H3,(H,28,29)/t18-,19-,20+/m1/s1. The first kappa shape index (κ1) is 21.6. The fraction of sp³-hybridized carbons (Fsp3) is 0.364. The molecule has 1 aliphatic heterocycles. The Kier molecular flexibility index (Phi) is 6.91. The Morgan fingerprint density at radius 2 is 1.90 bits per heavy atom. The Hall–Kier alpha value is -3.10. The third kappa shape index (κ3) is 4.90. The van der Waals surface area contributed by atoms with Crippen LogP contribution >= 0.6 is 0 Å². The number of hydrogen-bond acceptors (Lipinski definition) is 5. The first-order valence-electron chi connectivity index (χ1n) is 9.81. The molecule has 0 aliphatic carbocycles.